The molecule has 1 saturated heterocycles. The van der Waals surface area contributed by atoms with E-state index in [9.17, 15) is 0 Å². The van der Waals surface area contributed by atoms with E-state index in [-0.39, 0.29) is 0 Å². The van der Waals surface area contributed by atoms with Crippen molar-refractivity contribution in [2.24, 2.45) is 0 Å². The van der Waals surface area contributed by atoms with E-state index in [1.54, 1.807) is 0 Å². The first-order chi connectivity index (χ1) is 3.39. The highest BCUT2D eigenvalue weighted by molar-refractivity contribution is 9.09. The highest BCUT2D eigenvalue weighted by Crippen LogP contribution is 1.96. The summed E-state index contributed by atoms with van der Waals surface area (Å²) in [6, 6.07) is 0. The van der Waals surface area contributed by atoms with Gasteiger partial charge in [0.25, 0.3) is 0 Å². The van der Waals surface area contributed by atoms with Crippen molar-refractivity contribution in [2.75, 3.05) is 19.8 Å². The molecule has 1 heterocycles. The van der Waals surface area contributed by atoms with Crippen molar-refractivity contribution in [3.05, 3.63) is 0 Å². The Morgan fingerprint density at radius 1 is 1.29 bits per heavy atom. The second-order valence-corrected chi connectivity index (χ2v) is 2.98. The molecule has 0 spiro atoms. The Bertz CT molecular complexity index is 51.7. The van der Waals surface area contributed by atoms with Crippen LogP contribution in [0, 0.1) is 0 Å². The Hall–Kier alpha value is 0.400. The lowest BCUT2D eigenvalue weighted by Crippen LogP contribution is -2.44. The van der Waals surface area contributed by atoms with Gasteiger partial charge < -0.3 is 10.6 Å². The zero-order valence-corrected chi connectivity index (χ0v) is 5.66. The normalized spacial score (nSPS) is 25.3. The Morgan fingerprint density at radius 2 is 1.86 bits per heavy atom. The first kappa shape index (κ1) is 5.54. The van der Waals surface area contributed by atoms with E-state index >= 15 is 0 Å². The van der Waals surface area contributed by atoms with Gasteiger partial charge in [-0.25, -0.2) is 0 Å². The van der Waals surface area contributed by atoms with Gasteiger partial charge in [-0.2, -0.15) is 0 Å². The SMILES string of the molecule is BrC1CNCNC1. The molecule has 1 aliphatic heterocycles. The average Bonchev–Trinajstić information content (AvgIpc) is 1.69. The van der Waals surface area contributed by atoms with E-state index in [1.807, 2.05) is 0 Å². The van der Waals surface area contributed by atoms with Crippen LogP contribution in [0.4, 0.5) is 0 Å². The number of alkyl halides is 1. The van der Waals surface area contributed by atoms with Gasteiger partial charge in [0.1, 0.15) is 0 Å². The fourth-order valence-corrected chi connectivity index (χ4v) is 1.08. The topological polar surface area (TPSA) is 24.1 Å². The van der Waals surface area contributed by atoms with E-state index < -0.39 is 0 Å². The molecule has 0 radical (unpaired) electrons. The number of rotatable bonds is 0. The summed E-state index contributed by atoms with van der Waals surface area (Å²) in [6.45, 7) is 3.14. The average molecular weight is 165 g/mol. The van der Waals surface area contributed by atoms with Crippen molar-refractivity contribution in [1.29, 1.82) is 0 Å². The van der Waals surface area contributed by atoms with Gasteiger partial charge in [-0.3, -0.25) is 0 Å². The minimum absolute atomic E-state index is 0.626. The van der Waals surface area contributed by atoms with Crippen LogP contribution in [-0.4, -0.2) is 24.6 Å². The van der Waals surface area contributed by atoms with Crippen LogP contribution in [-0.2, 0) is 0 Å². The third kappa shape index (κ3) is 1.76. The summed E-state index contributed by atoms with van der Waals surface area (Å²) in [5.41, 5.74) is 0. The fraction of sp³-hybridized carbons (Fsp3) is 1.00. The third-order valence-corrected chi connectivity index (χ3v) is 1.63. The molecule has 0 aromatic heterocycles. The molecule has 7 heavy (non-hydrogen) atoms. The molecule has 0 saturated carbocycles. The Kier molecular flexibility index (Phi) is 2.09. The van der Waals surface area contributed by atoms with Gasteiger partial charge in [-0.15, -0.1) is 0 Å². The summed E-state index contributed by atoms with van der Waals surface area (Å²) in [5.74, 6) is 0. The second-order valence-electron chi connectivity index (χ2n) is 1.68. The quantitative estimate of drug-likeness (QED) is 0.490. The lowest BCUT2D eigenvalue weighted by atomic mass is 10.4. The Balaban J connectivity index is 2.12. The molecular weight excluding hydrogens is 156 g/mol. The van der Waals surface area contributed by atoms with Gasteiger partial charge in [0.2, 0.25) is 0 Å². The van der Waals surface area contributed by atoms with E-state index in [2.05, 4.69) is 26.6 Å². The number of hydrogen-bond acceptors (Lipinski definition) is 2. The highest BCUT2D eigenvalue weighted by atomic mass is 79.9. The fourth-order valence-electron chi connectivity index (χ4n) is 0.618. The van der Waals surface area contributed by atoms with E-state index in [1.165, 1.54) is 0 Å². The summed E-state index contributed by atoms with van der Waals surface area (Å²) in [7, 11) is 0. The van der Waals surface area contributed by atoms with Crippen molar-refractivity contribution in [3.63, 3.8) is 0 Å². The van der Waals surface area contributed by atoms with Crippen molar-refractivity contribution >= 4 is 15.9 Å². The van der Waals surface area contributed by atoms with E-state index in [0.29, 0.717) is 4.83 Å². The van der Waals surface area contributed by atoms with Crippen LogP contribution in [0.3, 0.4) is 0 Å². The molecule has 1 fully saturated rings. The molecule has 1 rings (SSSR count). The first-order valence-corrected chi connectivity index (χ1v) is 3.36. The summed E-state index contributed by atoms with van der Waals surface area (Å²) >= 11 is 3.46. The maximum atomic E-state index is 3.46. The first-order valence-electron chi connectivity index (χ1n) is 2.45. The van der Waals surface area contributed by atoms with E-state index in [0.717, 1.165) is 19.8 Å². The van der Waals surface area contributed by atoms with Crippen LogP contribution >= 0.6 is 15.9 Å². The summed E-state index contributed by atoms with van der Waals surface area (Å²) in [4.78, 5) is 0.626. The number of hydrogen-bond donors (Lipinski definition) is 2. The molecule has 3 heteroatoms. The van der Waals surface area contributed by atoms with Crippen LogP contribution in [0.5, 0.6) is 0 Å². The minimum atomic E-state index is 0.626. The molecule has 0 aliphatic carbocycles. The smallest absolute Gasteiger partial charge is 0.0454 e. The second kappa shape index (κ2) is 2.64. The van der Waals surface area contributed by atoms with Gasteiger partial charge in [0.15, 0.2) is 0 Å². The standard InChI is InChI=1S/C4H9BrN2/c5-4-1-6-3-7-2-4/h4,6-7H,1-3H2. The number of halogens is 1. The highest BCUT2D eigenvalue weighted by Gasteiger charge is 2.05. The molecule has 0 aromatic carbocycles. The molecule has 0 amide bonds. The van der Waals surface area contributed by atoms with Gasteiger partial charge >= 0.3 is 0 Å². The maximum absolute atomic E-state index is 3.46. The van der Waals surface area contributed by atoms with Crippen LogP contribution in [0.15, 0.2) is 0 Å². The van der Waals surface area contributed by atoms with Crippen LogP contribution in [0.25, 0.3) is 0 Å². The van der Waals surface area contributed by atoms with Crippen LogP contribution in [0.2, 0.25) is 0 Å². The lowest BCUT2D eigenvalue weighted by molar-refractivity contribution is 0.510. The monoisotopic (exact) mass is 164 g/mol. The molecule has 1 aliphatic rings. The third-order valence-electron chi connectivity index (χ3n) is 0.982. The van der Waals surface area contributed by atoms with Crippen molar-refractivity contribution < 1.29 is 0 Å². The minimum Gasteiger partial charge on any atom is -0.303 e. The summed E-state index contributed by atoms with van der Waals surface area (Å²) in [5, 5.41) is 6.35. The molecule has 0 atom stereocenters. The Labute approximate surface area is 51.8 Å². The largest absolute Gasteiger partial charge is 0.303 e. The van der Waals surface area contributed by atoms with Gasteiger partial charge in [0.05, 0.1) is 0 Å². The molecule has 0 unspecified atom stereocenters. The van der Waals surface area contributed by atoms with Crippen molar-refractivity contribution in [3.8, 4) is 0 Å². The molecule has 2 N–H and O–H groups in total. The summed E-state index contributed by atoms with van der Waals surface area (Å²) in [6.07, 6.45) is 0. The van der Waals surface area contributed by atoms with Crippen LogP contribution < -0.4 is 10.6 Å². The molecule has 2 nitrogen and oxygen atoms in total. The predicted molar refractivity (Wildman–Crippen MR) is 33.6 cm³/mol. The van der Waals surface area contributed by atoms with Gasteiger partial charge in [-0.05, 0) is 0 Å². The molecule has 0 bridgehead atoms. The zero-order valence-electron chi connectivity index (χ0n) is 4.08. The van der Waals surface area contributed by atoms with E-state index in [4.69, 9.17) is 0 Å². The van der Waals surface area contributed by atoms with Crippen molar-refractivity contribution in [1.82, 2.24) is 10.6 Å². The Morgan fingerprint density at radius 3 is 2.14 bits per heavy atom. The molecular formula is C4H9BrN2. The van der Waals surface area contributed by atoms with Gasteiger partial charge in [0, 0.05) is 24.6 Å². The summed E-state index contributed by atoms with van der Waals surface area (Å²) < 4.78 is 0. The zero-order chi connectivity index (χ0) is 5.11. The maximum Gasteiger partial charge on any atom is 0.0454 e. The van der Waals surface area contributed by atoms with Crippen molar-refractivity contribution in [2.45, 2.75) is 4.83 Å². The lowest BCUT2D eigenvalue weighted by Gasteiger charge is -2.17. The number of nitrogens with one attached hydrogen (secondary N) is 2. The molecule has 0 aromatic rings. The molecule has 42 valence electrons. The van der Waals surface area contributed by atoms with Crippen LogP contribution in [0.1, 0.15) is 0 Å². The predicted octanol–water partition coefficient (Wildman–Crippen LogP) is -0.0998. The van der Waals surface area contributed by atoms with Gasteiger partial charge in [-0.1, -0.05) is 15.9 Å².